The molecule has 0 spiro atoms. The number of benzene rings is 2. The molecule has 0 saturated heterocycles. The molecule has 0 atom stereocenters. The molecule has 0 amide bonds. The van der Waals surface area contributed by atoms with Crippen molar-refractivity contribution in [1.82, 2.24) is 9.78 Å². The van der Waals surface area contributed by atoms with Crippen molar-refractivity contribution in [3.8, 4) is 16.9 Å². The first kappa shape index (κ1) is 18.1. The summed E-state index contributed by atoms with van der Waals surface area (Å²) in [6.45, 7) is 4.46. The van der Waals surface area contributed by atoms with Crippen LogP contribution in [-0.2, 0) is 6.61 Å². The van der Waals surface area contributed by atoms with Crippen molar-refractivity contribution in [2.24, 2.45) is 0 Å². The number of halogens is 3. The second-order valence-electron chi connectivity index (χ2n) is 5.89. The summed E-state index contributed by atoms with van der Waals surface area (Å²) >= 11 is 18.8. The van der Waals surface area contributed by atoms with Crippen LogP contribution in [0.3, 0.4) is 0 Å². The van der Waals surface area contributed by atoms with E-state index in [0.717, 1.165) is 16.8 Å². The standard InChI is InChI=1S/C19H17Cl3N2O/c1-12(2)24-18(11-25-14-6-3-5-13(20)9-14)15(10-23-24)19-16(21)7-4-8-17(19)22/h3-10,12H,11H2,1-2H3. The molecule has 1 heterocycles. The summed E-state index contributed by atoms with van der Waals surface area (Å²) in [7, 11) is 0. The largest absolute Gasteiger partial charge is 0.487 e. The van der Waals surface area contributed by atoms with Crippen LogP contribution in [0.15, 0.2) is 48.7 Å². The zero-order valence-corrected chi connectivity index (χ0v) is 16.1. The number of hydrogen-bond acceptors (Lipinski definition) is 2. The Morgan fingerprint density at radius 1 is 1.04 bits per heavy atom. The first-order valence-electron chi connectivity index (χ1n) is 7.86. The summed E-state index contributed by atoms with van der Waals surface area (Å²) in [5, 5.41) is 6.29. The van der Waals surface area contributed by atoms with Crippen molar-refractivity contribution < 1.29 is 4.74 Å². The maximum atomic E-state index is 6.38. The summed E-state index contributed by atoms with van der Waals surface area (Å²) in [6.07, 6.45) is 1.78. The van der Waals surface area contributed by atoms with E-state index in [1.54, 1.807) is 12.3 Å². The van der Waals surface area contributed by atoms with Crippen molar-refractivity contribution in [2.75, 3.05) is 0 Å². The SMILES string of the molecule is CC(C)n1ncc(-c2c(Cl)cccc2Cl)c1COc1cccc(Cl)c1. The molecule has 2 aromatic carbocycles. The monoisotopic (exact) mass is 394 g/mol. The summed E-state index contributed by atoms with van der Waals surface area (Å²) < 4.78 is 7.85. The summed E-state index contributed by atoms with van der Waals surface area (Å²) in [4.78, 5) is 0. The summed E-state index contributed by atoms with van der Waals surface area (Å²) in [5.41, 5.74) is 2.54. The number of rotatable bonds is 5. The molecular weight excluding hydrogens is 379 g/mol. The van der Waals surface area contributed by atoms with Gasteiger partial charge in [0.05, 0.1) is 21.9 Å². The number of nitrogens with zero attached hydrogens (tertiary/aromatic N) is 2. The molecule has 0 unspecified atom stereocenters. The third-order valence-electron chi connectivity index (χ3n) is 3.79. The minimum Gasteiger partial charge on any atom is -0.487 e. The van der Waals surface area contributed by atoms with Gasteiger partial charge in [-0.05, 0) is 44.2 Å². The molecule has 1 aromatic heterocycles. The van der Waals surface area contributed by atoms with Crippen LogP contribution in [0.4, 0.5) is 0 Å². The molecule has 6 heteroatoms. The van der Waals surface area contributed by atoms with Crippen LogP contribution < -0.4 is 4.74 Å². The molecule has 130 valence electrons. The van der Waals surface area contributed by atoms with E-state index in [9.17, 15) is 0 Å². The first-order valence-corrected chi connectivity index (χ1v) is 9.00. The van der Waals surface area contributed by atoms with Gasteiger partial charge in [-0.25, -0.2) is 0 Å². The van der Waals surface area contributed by atoms with Gasteiger partial charge in [-0.3, -0.25) is 4.68 Å². The van der Waals surface area contributed by atoms with Crippen LogP contribution in [0, 0.1) is 0 Å². The van der Waals surface area contributed by atoms with Gasteiger partial charge in [0, 0.05) is 22.2 Å². The third-order valence-corrected chi connectivity index (χ3v) is 4.66. The third kappa shape index (κ3) is 3.95. The lowest BCUT2D eigenvalue weighted by molar-refractivity contribution is 0.288. The minimum absolute atomic E-state index is 0.174. The molecule has 3 aromatic rings. The maximum Gasteiger partial charge on any atom is 0.131 e. The molecule has 25 heavy (non-hydrogen) atoms. The number of ether oxygens (including phenoxy) is 1. The van der Waals surface area contributed by atoms with Crippen LogP contribution in [0.2, 0.25) is 15.1 Å². The van der Waals surface area contributed by atoms with E-state index in [1.807, 2.05) is 41.1 Å². The van der Waals surface area contributed by atoms with E-state index in [1.165, 1.54) is 0 Å². The molecule has 0 aliphatic carbocycles. The Hall–Kier alpha value is -1.68. The van der Waals surface area contributed by atoms with Crippen molar-refractivity contribution in [1.29, 1.82) is 0 Å². The topological polar surface area (TPSA) is 27.1 Å². The predicted molar refractivity (Wildman–Crippen MR) is 104 cm³/mol. The lowest BCUT2D eigenvalue weighted by Crippen LogP contribution is -2.10. The van der Waals surface area contributed by atoms with Gasteiger partial charge in [-0.1, -0.05) is 46.9 Å². The van der Waals surface area contributed by atoms with E-state index >= 15 is 0 Å². The molecule has 3 rings (SSSR count). The van der Waals surface area contributed by atoms with Crippen molar-refractivity contribution in [3.05, 3.63) is 69.4 Å². The first-order chi connectivity index (χ1) is 12.0. The van der Waals surface area contributed by atoms with Crippen LogP contribution in [0.25, 0.3) is 11.1 Å². The van der Waals surface area contributed by atoms with Gasteiger partial charge in [0.25, 0.3) is 0 Å². The smallest absolute Gasteiger partial charge is 0.131 e. The van der Waals surface area contributed by atoms with Gasteiger partial charge in [-0.15, -0.1) is 0 Å². The minimum atomic E-state index is 0.174. The molecular formula is C19H17Cl3N2O. The Kier molecular flexibility index (Phi) is 5.57. The van der Waals surface area contributed by atoms with E-state index in [-0.39, 0.29) is 6.04 Å². The average Bonchev–Trinajstić information content (AvgIpc) is 2.97. The molecule has 0 saturated carbocycles. The molecule has 0 fully saturated rings. The van der Waals surface area contributed by atoms with Crippen LogP contribution in [0.1, 0.15) is 25.6 Å². The van der Waals surface area contributed by atoms with E-state index in [0.29, 0.717) is 27.4 Å². The Bertz CT molecular complexity index is 870. The fraction of sp³-hybridized carbons (Fsp3) is 0.211. The Morgan fingerprint density at radius 3 is 2.36 bits per heavy atom. The van der Waals surface area contributed by atoms with Gasteiger partial charge >= 0.3 is 0 Å². The van der Waals surface area contributed by atoms with Crippen LogP contribution >= 0.6 is 34.8 Å². The van der Waals surface area contributed by atoms with Crippen molar-refractivity contribution in [2.45, 2.75) is 26.5 Å². The summed E-state index contributed by atoms with van der Waals surface area (Å²) in [5.74, 6) is 0.695. The van der Waals surface area contributed by atoms with E-state index < -0.39 is 0 Å². The van der Waals surface area contributed by atoms with Gasteiger partial charge in [0.1, 0.15) is 12.4 Å². The van der Waals surface area contributed by atoms with Crippen LogP contribution in [0.5, 0.6) is 5.75 Å². The molecule has 0 aliphatic heterocycles. The highest BCUT2D eigenvalue weighted by atomic mass is 35.5. The molecule has 0 aliphatic rings. The lowest BCUT2D eigenvalue weighted by atomic mass is 10.1. The van der Waals surface area contributed by atoms with Gasteiger partial charge in [0.2, 0.25) is 0 Å². The predicted octanol–water partition coefficient (Wildman–Crippen LogP) is 6.67. The second-order valence-corrected chi connectivity index (χ2v) is 7.14. The molecule has 0 radical (unpaired) electrons. The average molecular weight is 396 g/mol. The Labute approximate surface area is 162 Å². The zero-order chi connectivity index (χ0) is 18.0. The van der Waals surface area contributed by atoms with Crippen molar-refractivity contribution in [3.63, 3.8) is 0 Å². The Morgan fingerprint density at radius 2 is 1.72 bits per heavy atom. The number of hydrogen-bond donors (Lipinski definition) is 0. The van der Waals surface area contributed by atoms with Crippen molar-refractivity contribution >= 4 is 34.8 Å². The molecule has 3 nitrogen and oxygen atoms in total. The lowest BCUT2D eigenvalue weighted by Gasteiger charge is -2.15. The van der Waals surface area contributed by atoms with Crippen LogP contribution in [-0.4, -0.2) is 9.78 Å². The molecule has 0 bridgehead atoms. The van der Waals surface area contributed by atoms with E-state index in [4.69, 9.17) is 39.5 Å². The fourth-order valence-electron chi connectivity index (χ4n) is 2.65. The normalized spacial score (nSPS) is 11.1. The van der Waals surface area contributed by atoms with Gasteiger partial charge in [-0.2, -0.15) is 5.10 Å². The quantitative estimate of drug-likeness (QED) is 0.482. The molecule has 0 N–H and O–H groups in total. The van der Waals surface area contributed by atoms with Gasteiger partial charge in [0.15, 0.2) is 0 Å². The Balaban J connectivity index is 2.01. The number of aromatic nitrogens is 2. The highest BCUT2D eigenvalue weighted by molar-refractivity contribution is 6.39. The second kappa shape index (κ2) is 7.69. The maximum absolute atomic E-state index is 6.38. The van der Waals surface area contributed by atoms with Gasteiger partial charge < -0.3 is 4.74 Å². The summed E-state index contributed by atoms with van der Waals surface area (Å²) in [6, 6.07) is 12.9. The fourth-order valence-corrected chi connectivity index (χ4v) is 3.43. The highest BCUT2D eigenvalue weighted by Gasteiger charge is 2.19. The zero-order valence-electron chi connectivity index (χ0n) is 13.8. The highest BCUT2D eigenvalue weighted by Crippen LogP contribution is 2.37. The van der Waals surface area contributed by atoms with E-state index in [2.05, 4.69) is 18.9 Å².